The molecule has 6 heteroatoms. The fourth-order valence-corrected chi connectivity index (χ4v) is 2.03. The van der Waals surface area contributed by atoms with Crippen molar-refractivity contribution in [2.45, 2.75) is 20.4 Å². The Bertz CT molecular complexity index is 388. The first-order chi connectivity index (χ1) is 7.93. The number of thiocarbonyl (C=S) groups is 1. The smallest absolute Gasteiger partial charge is 0.232 e. The van der Waals surface area contributed by atoms with E-state index in [1.54, 1.807) is 24.3 Å². The van der Waals surface area contributed by atoms with Crippen molar-refractivity contribution in [3.63, 3.8) is 0 Å². The zero-order valence-electron chi connectivity index (χ0n) is 10.3. The molecule has 3 N–H and O–H groups in total. The number of nitrogens with one attached hydrogen (secondary N) is 1. The average Bonchev–Trinajstić information content (AvgIpc) is 2.68. The number of hydrogen-bond acceptors (Lipinski definition) is 3. The first kappa shape index (κ1) is 13.6. The van der Waals surface area contributed by atoms with E-state index in [1.165, 1.54) is 0 Å². The Morgan fingerprint density at radius 1 is 1.65 bits per heavy atom. The van der Waals surface area contributed by atoms with Crippen molar-refractivity contribution in [2.75, 3.05) is 7.05 Å². The minimum absolute atomic E-state index is 0.0658. The van der Waals surface area contributed by atoms with E-state index in [2.05, 4.69) is 9.97 Å². The number of carbonyl (C=O) groups is 1. The van der Waals surface area contributed by atoms with E-state index >= 15 is 0 Å². The minimum Gasteiger partial charge on any atom is -0.393 e. The quantitative estimate of drug-likeness (QED) is 0.766. The van der Waals surface area contributed by atoms with E-state index in [-0.39, 0.29) is 16.8 Å². The molecular formula is C11H18N4OS. The lowest BCUT2D eigenvalue weighted by Gasteiger charge is -2.24. The molecule has 17 heavy (non-hydrogen) atoms. The molecule has 5 nitrogen and oxygen atoms in total. The van der Waals surface area contributed by atoms with Gasteiger partial charge < -0.3 is 15.6 Å². The Kier molecular flexibility index (Phi) is 4.62. The van der Waals surface area contributed by atoms with Crippen LogP contribution >= 0.6 is 12.2 Å². The van der Waals surface area contributed by atoms with Crippen LogP contribution in [0.4, 0.5) is 0 Å². The monoisotopic (exact) mass is 254 g/mol. The minimum atomic E-state index is -0.412. The van der Waals surface area contributed by atoms with Crippen LogP contribution in [-0.4, -0.2) is 32.8 Å². The van der Waals surface area contributed by atoms with Crippen LogP contribution in [0.5, 0.6) is 0 Å². The lowest BCUT2D eigenvalue weighted by Crippen LogP contribution is -2.41. The number of aromatic amines is 1. The molecular weight excluding hydrogens is 236 g/mol. The van der Waals surface area contributed by atoms with Gasteiger partial charge in [-0.2, -0.15) is 0 Å². The lowest BCUT2D eigenvalue weighted by molar-refractivity contribution is -0.133. The third-order valence-corrected chi connectivity index (χ3v) is 2.81. The molecule has 1 rings (SSSR count). The highest BCUT2D eigenvalue weighted by Crippen LogP contribution is 2.15. The van der Waals surface area contributed by atoms with Gasteiger partial charge in [-0.15, -0.1) is 0 Å². The Morgan fingerprint density at radius 2 is 2.29 bits per heavy atom. The van der Waals surface area contributed by atoms with Gasteiger partial charge in [0.15, 0.2) is 0 Å². The molecule has 94 valence electrons. The third kappa shape index (κ3) is 3.52. The molecule has 1 heterocycles. The van der Waals surface area contributed by atoms with Crippen LogP contribution in [0.15, 0.2) is 12.4 Å². The maximum atomic E-state index is 12.2. The summed E-state index contributed by atoms with van der Waals surface area (Å²) in [6, 6.07) is 0. The largest absolute Gasteiger partial charge is 0.393 e. The number of carbonyl (C=O) groups excluding carboxylic acids is 1. The molecule has 1 amide bonds. The average molecular weight is 254 g/mol. The van der Waals surface area contributed by atoms with Gasteiger partial charge in [0.25, 0.3) is 0 Å². The molecule has 1 aromatic rings. The third-order valence-electron chi connectivity index (χ3n) is 2.56. The van der Waals surface area contributed by atoms with Crippen molar-refractivity contribution in [3.8, 4) is 0 Å². The Labute approximate surface area is 106 Å². The summed E-state index contributed by atoms with van der Waals surface area (Å²) in [5.41, 5.74) is 5.61. The van der Waals surface area contributed by atoms with Crippen molar-refractivity contribution in [1.29, 1.82) is 0 Å². The molecule has 0 saturated heterocycles. The van der Waals surface area contributed by atoms with E-state index in [4.69, 9.17) is 18.0 Å². The van der Waals surface area contributed by atoms with Gasteiger partial charge in [-0.1, -0.05) is 26.1 Å². The van der Waals surface area contributed by atoms with E-state index in [0.717, 1.165) is 5.82 Å². The van der Waals surface area contributed by atoms with Crippen LogP contribution in [0.25, 0.3) is 0 Å². The van der Waals surface area contributed by atoms with Crippen molar-refractivity contribution in [2.24, 2.45) is 17.6 Å². The summed E-state index contributed by atoms with van der Waals surface area (Å²) < 4.78 is 0. The van der Waals surface area contributed by atoms with Crippen LogP contribution < -0.4 is 5.73 Å². The highest BCUT2D eigenvalue weighted by molar-refractivity contribution is 7.80. The lowest BCUT2D eigenvalue weighted by atomic mass is 9.94. The van der Waals surface area contributed by atoms with Crippen LogP contribution in [0.3, 0.4) is 0 Å². The van der Waals surface area contributed by atoms with Gasteiger partial charge in [0, 0.05) is 19.4 Å². The number of rotatable bonds is 5. The SMILES string of the molecule is CC(C)C(C(=O)N(C)Cc1ncc[nH]1)C(N)=S. The highest BCUT2D eigenvalue weighted by Gasteiger charge is 2.27. The molecule has 0 aliphatic heterocycles. The van der Waals surface area contributed by atoms with Crippen LogP contribution in [0, 0.1) is 11.8 Å². The number of hydrogen-bond donors (Lipinski definition) is 2. The molecule has 0 aliphatic rings. The summed E-state index contributed by atoms with van der Waals surface area (Å²) in [6.07, 6.45) is 3.38. The van der Waals surface area contributed by atoms with Gasteiger partial charge in [-0.05, 0) is 5.92 Å². The van der Waals surface area contributed by atoms with Gasteiger partial charge in [-0.3, -0.25) is 4.79 Å². The van der Waals surface area contributed by atoms with Gasteiger partial charge in [-0.25, -0.2) is 4.98 Å². The second kappa shape index (κ2) is 5.77. The molecule has 1 unspecified atom stereocenters. The number of aromatic nitrogens is 2. The maximum Gasteiger partial charge on any atom is 0.232 e. The molecule has 0 aliphatic carbocycles. The summed E-state index contributed by atoms with van der Waals surface area (Å²) in [4.78, 5) is 21.0. The highest BCUT2D eigenvalue weighted by atomic mass is 32.1. The molecule has 1 atom stereocenters. The standard InChI is InChI=1S/C11H18N4OS/c1-7(2)9(10(12)17)11(16)15(3)6-8-13-4-5-14-8/h4-5,7,9H,6H2,1-3H3,(H2,12,17)(H,13,14). The van der Waals surface area contributed by atoms with Gasteiger partial charge >= 0.3 is 0 Å². The van der Waals surface area contributed by atoms with E-state index in [0.29, 0.717) is 6.54 Å². The second-order valence-corrected chi connectivity index (χ2v) is 4.83. The topological polar surface area (TPSA) is 75.0 Å². The molecule has 0 fully saturated rings. The zero-order valence-corrected chi connectivity index (χ0v) is 11.1. The van der Waals surface area contributed by atoms with Crippen molar-refractivity contribution >= 4 is 23.1 Å². The summed E-state index contributed by atoms with van der Waals surface area (Å²) >= 11 is 4.94. The number of imidazole rings is 1. The van der Waals surface area contributed by atoms with E-state index < -0.39 is 5.92 Å². The Balaban J connectivity index is 2.70. The molecule has 0 bridgehead atoms. The summed E-state index contributed by atoms with van der Waals surface area (Å²) in [6.45, 7) is 4.29. The number of nitrogens with zero attached hydrogens (tertiary/aromatic N) is 2. The first-order valence-corrected chi connectivity index (χ1v) is 5.86. The number of amides is 1. The summed E-state index contributed by atoms with van der Waals surface area (Å²) in [5, 5.41) is 0. The summed E-state index contributed by atoms with van der Waals surface area (Å²) in [5.74, 6) is 0.360. The second-order valence-electron chi connectivity index (χ2n) is 4.35. The maximum absolute atomic E-state index is 12.2. The van der Waals surface area contributed by atoms with Gasteiger partial charge in [0.2, 0.25) is 5.91 Å². The van der Waals surface area contributed by atoms with Crippen molar-refractivity contribution < 1.29 is 4.79 Å². The number of nitrogens with two attached hydrogens (primary N) is 1. The van der Waals surface area contributed by atoms with E-state index in [1.807, 2.05) is 13.8 Å². The normalized spacial score (nSPS) is 12.5. The van der Waals surface area contributed by atoms with Crippen LogP contribution in [0.1, 0.15) is 19.7 Å². The molecule has 0 spiro atoms. The Hall–Kier alpha value is -1.43. The summed E-state index contributed by atoms with van der Waals surface area (Å²) in [7, 11) is 1.72. The Morgan fingerprint density at radius 3 is 2.71 bits per heavy atom. The van der Waals surface area contributed by atoms with Crippen LogP contribution in [0.2, 0.25) is 0 Å². The zero-order chi connectivity index (χ0) is 13.0. The fraction of sp³-hybridized carbons (Fsp3) is 0.545. The van der Waals surface area contributed by atoms with Crippen molar-refractivity contribution in [1.82, 2.24) is 14.9 Å². The van der Waals surface area contributed by atoms with Crippen molar-refractivity contribution in [3.05, 3.63) is 18.2 Å². The fourth-order valence-electron chi connectivity index (χ4n) is 1.66. The predicted molar refractivity (Wildman–Crippen MR) is 70.2 cm³/mol. The van der Waals surface area contributed by atoms with E-state index in [9.17, 15) is 4.79 Å². The first-order valence-electron chi connectivity index (χ1n) is 5.46. The van der Waals surface area contributed by atoms with Crippen LogP contribution in [-0.2, 0) is 11.3 Å². The molecule has 0 saturated carbocycles. The predicted octanol–water partition coefficient (Wildman–Crippen LogP) is 0.926. The molecule has 0 radical (unpaired) electrons. The number of H-pyrrole nitrogens is 1. The molecule has 0 aromatic carbocycles. The molecule has 1 aromatic heterocycles. The van der Waals surface area contributed by atoms with Gasteiger partial charge in [0.1, 0.15) is 5.82 Å². The van der Waals surface area contributed by atoms with Gasteiger partial charge in [0.05, 0.1) is 17.5 Å².